The van der Waals surface area contributed by atoms with E-state index in [1.54, 1.807) is 54.5 Å². The largest absolute Gasteiger partial charge is 0.497 e. The minimum absolute atomic E-state index is 0.0989. The first kappa shape index (κ1) is 34.2. The van der Waals surface area contributed by atoms with Crippen LogP contribution in [-0.4, -0.2) is 84.4 Å². The Morgan fingerprint density at radius 1 is 0.941 bits per heavy atom. The number of nitrogens with zero attached hydrogens (tertiary/aromatic N) is 2. The summed E-state index contributed by atoms with van der Waals surface area (Å²) in [5.41, 5.74) is 0.693. The average Bonchev–Trinajstić information content (AvgIpc) is 3.81. The summed E-state index contributed by atoms with van der Waals surface area (Å²) in [7, 11) is 1.56. The molecule has 51 heavy (non-hydrogen) atoms. The lowest BCUT2D eigenvalue weighted by atomic mass is 9.74. The molecule has 2 saturated heterocycles. The Morgan fingerprint density at radius 2 is 1.67 bits per heavy atom. The number of amides is 3. The molecule has 5 bridgehead atoms. The van der Waals surface area contributed by atoms with E-state index in [-0.39, 0.29) is 26.0 Å². The van der Waals surface area contributed by atoms with Gasteiger partial charge in [-0.2, -0.15) is 0 Å². The molecule has 4 heterocycles. The van der Waals surface area contributed by atoms with Crippen molar-refractivity contribution in [1.29, 1.82) is 0 Å². The number of allylic oxidation sites excluding steroid dienone is 1. The second kappa shape index (κ2) is 14.5. The van der Waals surface area contributed by atoms with Crippen molar-refractivity contribution in [1.82, 2.24) is 10.2 Å². The fourth-order valence-electron chi connectivity index (χ4n) is 7.87. The van der Waals surface area contributed by atoms with Gasteiger partial charge < -0.3 is 34.4 Å². The Labute approximate surface area is 296 Å². The molecule has 7 atom stereocenters. The number of methoxy groups -OCH3 is 1. The Balaban J connectivity index is 1.33. The number of carbonyl (C=O) groups is 4. The molecule has 4 aliphatic rings. The summed E-state index contributed by atoms with van der Waals surface area (Å²) >= 11 is 0. The number of esters is 1. The molecule has 3 aromatic carbocycles. The maximum absolute atomic E-state index is 15.2. The third-order valence-corrected chi connectivity index (χ3v) is 10.3. The summed E-state index contributed by atoms with van der Waals surface area (Å²) in [6.07, 6.45) is 7.12. The number of benzene rings is 3. The molecule has 3 amide bonds. The van der Waals surface area contributed by atoms with Gasteiger partial charge in [-0.3, -0.25) is 19.2 Å². The Hall–Kier alpha value is -5.26. The highest BCUT2D eigenvalue weighted by atomic mass is 16.5. The van der Waals surface area contributed by atoms with Gasteiger partial charge in [0.05, 0.1) is 43.7 Å². The third kappa shape index (κ3) is 6.43. The van der Waals surface area contributed by atoms with Crippen LogP contribution >= 0.6 is 0 Å². The summed E-state index contributed by atoms with van der Waals surface area (Å²) in [6, 6.07) is 23.0. The first-order valence-corrected chi connectivity index (χ1v) is 17.3. The van der Waals surface area contributed by atoms with Gasteiger partial charge in [0.2, 0.25) is 11.8 Å². The molecule has 2 fully saturated rings. The van der Waals surface area contributed by atoms with Crippen LogP contribution in [-0.2, 0) is 35.1 Å². The molecule has 1 spiro atoms. The summed E-state index contributed by atoms with van der Waals surface area (Å²) in [6.45, 7) is -0.394. The van der Waals surface area contributed by atoms with Gasteiger partial charge in [-0.05, 0) is 48.2 Å². The SMILES string of the molecule is COc1ccc(N2C/C=C\CCC(=O)OC[C@H](c3ccccc3)NC(=O)[C@@H]3[C@H]4C(=O)N([C@@H](CO)Cc5ccccc5)[C@H](C2=O)[C@]42C=C[C@H]3O2)cc1. The predicted octanol–water partition coefficient (Wildman–Crippen LogP) is 3.53. The van der Waals surface area contributed by atoms with Crippen molar-refractivity contribution in [3.8, 4) is 5.75 Å². The normalized spacial score (nSPS) is 29.0. The van der Waals surface area contributed by atoms with Crippen LogP contribution < -0.4 is 15.0 Å². The number of aliphatic hydroxyl groups is 1. The maximum atomic E-state index is 15.2. The second-order valence-electron chi connectivity index (χ2n) is 13.3. The van der Waals surface area contributed by atoms with Crippen molar-refractivity contribution < 1.29 is 38.5 Å². The van der Waals surface area contributed by atoms with E-state index in [1.165, 1.54) is 4.90 Å². The number of fused-ring (bicyclic) bond motifs is 2. The zero-order valence-corrected chi connectivity index (χ0v) is 28.3. The smallest absolute Gasteiger partial charge is 0.306 e. The van der Waals surface area contributed by atoms with Crippen LogP contribution in [0.15, 0.2) is 109 Å². The van der Waals surface area contributed by atoms with Crippen LogP contribution in [0.2, 0.25) is 0 Å². The highest BCUT2D eigenvalue weighted by Gasteiger charge is 2.73. The maximum Gasteiger partial charge on any atom is 0.306 e. The van der Waals surface area contributed by atoms with Crippen LogP contribution in [0.1, 0.15) is 30.0 Å². The molecular formula is C40H41N3O8. The molecule has 7 rings (SSSR count). The molecule has 11 heteroatoms. The van der Waals surface area contributed by atoms with Gasteiger partial charge in [0.15, 0.2) is 0 Å². The van der Waals surface area contributed by atoms with Crippen molar-refractivity contribution in [2.75, 3.05) is 31.8 Å². The highest BCUT2D eigenvalue weighted by molar-refractivity contribution is 6.05. The lowest BCUT2D eigenvalue weighted by molar-refractivity contribution is -0.146. The van der Waals surface area contributed by atoms with Crippen molar-refractivity contribution in [3.63, 3.8) is 0 Å². The molecule has 0 aromatic heterocycles. The lowest BCUT2D eigenvalue weighted by Gasteiger charge is -2.39. The number of rotatable bonds is 7. The first-order valence-electron chi connectivity index (χ1n) is 17.3. The quantitative estimate of drug-likeness (QED) is 0.284. The molecule has 0 aliphatic carbocycles. The highest BCUT2D eigenvalue weighted by Crippen LogP contribution is 2.56. The van der Waals surface area contributed by atoms with E-state index in [0.29, 0.717) is 17.9 Å². The van der Waals surface area contributed by atoms with Crippen LogP contribution in [0.25, 0.3) is 0 Å². The number of carbonyl (C=O) groups excluding carboxylic acids is 4. The van der Waals surface area contributed by atoms with E-state index in [2.05, 4.69) is 5.32 Å². The Morgan fingerprint density at radius 3 is 2.37 bits per heavy atom. The summed E-state index contributed by atoms with van der Waals surface area (Å²) in [5, 5.41) is 13.9. The van der Waals surface area contributed by atoms with Crippen molar-refractivity contribution in [2.24, 2.45) is 11.8 Å². The zero-order chi connectivity index (χ0) is 35.5. The Kier molecular flexibility index (Phi) is 9.75. The van der Waals surface area contributed by atoms with Crippen molar-refractivity contribution >= 4 is 29.4 Å². The van der Waals surface area contributed by atoms with Crippen molar-refractivity contribution in [3.05, 3.63) is 120 Å². The molecule has 4 aliphatic heterocycles. The monoisotopic (exact) mass is 691 g/mol. The number of cyclic esters (lactones) is 1. The molecule has 0 saturated carbocycles. The molecule has 3 aromatic rings. The van der Waals surface area contributed by atoms with Gasteiger partial charge in [-0.25, -0.2) is 0 Å². The van der Waals surface area contributed by atoms with Crippen molar-refractivity contribution in [2.45, 2.75) is 49.1 Å². The summed E-state index contributed by atoms with van der Waals surface area (Å²) in [5.74, 6) is -3.17. The van der Waals surface area contributed by atoms with E-state index >= 15 is 4.79 Å². The number of nitrogens with one attached hydrogen (secondary N) is 1. The number of hydrogen-bond donors (Lipinski definition) is 2. The minimum atomic E-state index is -1.47. The molecule has 0 unspecified atom stereocenters. The fourth-order valence-corrected chi connectivity index (χ4v) is 7.87. The van der Waals surface area contributed by atoms with Crippen LogP contribution in [0.3, 0.4) is 0 Å². The van der Waals surface area contributed by atoms with E-state index in [4.69, 9.17) is 14.2 Å². The van der Waals surface area contributed by atoms with Gasteiger partial charge in [-0.15, -0.1) is 0 Å². The van der Waals surface area contributed by atoms with Gasteiger partial charge in [-0.1, -0.05) is 85.0 Å². The lowest BCUT2D eigenvalue weighted by Crippen LogP contribution is -2.59. The van der Waals surface area contributed by atoms with Gasteiger partial charge in [0.1, 0.15) is 24.0 Å². The number of aliphatic hydroxyl groups excluding tert-OH is 1. The number of anilines is 1. The third-order valence-electron chi connectivity index (χ3n) is 10.3. The first-order chi connectivity index (χ1) is 24.8. The van der Waals surface area contributed by atoms with Gasteiger partial charge in [0, 0.05) is 18.7 Å². The number of likely N-dealkylation sites (tertiary alicyclic amines) is 1. The topological polar surface area (TPSA) is 135 Å². The summed E-state index contributed by atoms with van der Waals surface area (Å²) in [4.78, 5) is 60.2. The number of ether oxygens (including phenoxy) is 3. The molecule has 264 valence electrons. The zero-order valence-electron chi connectivity index (χ0n) is 28.3. The van der Waals surface area contributed by atoms with E-state index in [9.17, 15) is 19.5 Å². The average molecular weight is 692 g/mol. The number of hydrogen-bond acceptors (Lipinski definition) is 8. The van der Waals surface area contributed by atoms with E-state index in [1.807, 2.05) is 66.7 Å². The standard InChI is InChI=1S/C40H41N3O8/c1-49-30-18-16-28(17-19-30)42-22-10-4-9-15-33(45)50-25-31(27-13-7-3-8-14-27)41-37(46)34-32-20-21-40(51-32)35(34)38(47)43(36(40)39(42)48)29(24-44)23-26-11-5-2-6-12-26/h2-8,10-14,16-21,29,31-32,34-36,44H,9,15,22-25H2,1H3,(H,41,46)/b10-4-/t29-,31-,32-,34+,35+,36-,40+/m1/s1. The molecule has 0 radical (unpaired) electrons. The van der Waals surface area contributed by atoms with E-state index < -0.39 is 72.0 Å². The predicted molar refractivity (Wildman–Crippen MR) is 187 cm³/mol. The molecule has 2 N–H and O–H groups in total. The summed E-state index contributed by atoms with van der Waals surface area (Å²) < 4.78 is 17.6. The second-order valence-corrected chi connectivity index (χ2v) is 13.3. The molecule has 11 nitrogen and oxygen atoms in total. The van der Waals surface area contributed by atoms with Crippen LogP contribution in [0, 0.1) is 11.8 Å². The fraction of sp³-hybridized carbons (Fsp3) is 0.350. The Bertz CT molecular complexity index is 1810. The van der Waals surface area contributed by atoms with Crippen LogP contribution in [0.5, 0.6) is 5.75 Å². The minimum Gasteiger partial charge on any atom is -0.497 e. The van der Waals surface area contributed by atoms with Gasteiger partial charge in [0.25, 0.3) is 5.91 Å². The van der Waals surface area contributed by atoms with E-state index in [0.717, 1.165) is 11.1 Å². The van der Waals surface area contributed by atoms with Crippen LogP contribution in [0.4, 0.5) is 5.69 Å². The van der Waals surface area contributed by atoms with Gasteiger partial charge >= 0.3 is 5.97 Å². The molecular weight excluding hydrogens is 650 g/mol.